The summed E-state index contributed by atoms with van der Waals surface area (Å²) in [6.45, 7) is 2.65. The molecule has 2 rings (SSSR count). The van der Waals surface area contributed by atoms with Crippen LogP contribution in [0.3, 0.4) is 0 Å². The summed E-state index contributed by atoms with van der Waals surface area (Å²) in [6.07, 6.45) is 2.50. The predicted molar refractivity (Wildman–Crippen MR) is 90.7 cm³/mol. The van der Waals surface area contributed by atoms with Gasteiger partial charge in [-0.3, -0.25) is 4.99 Å². The van der Waals surface area contributed by atoms with E-state index in [4.69, 9.17) is 14.2 Å². The molecule has 2 aromatic rings. The number of benzene rings is 2. The monoisotopic (exact) mass is 315 g/mol. The second-order valence-corrected chi connectivity index (χ2v) is 4.87. The van der Waals surface area contributed by atoms with E-state index < -0.39 is 0 Å². The van der Waals surface area contributed by atoms with Gasteiger partial charge in [-0.15, -0.1) is 0 Å². The summed E-state index contributed by atoms with van der Waals surface area (Å²) in [7, 11) is 3.17. The molecule has 0 fully saturated rings. The van der Waals surface area contributed by atoms with E-state index in [-0.39, 0.29) is 5.75 Å². The zero-order valence-corrected chi connectivity index (χ0v) is 13.6. The number of phenolic OH excluding ortho intramolecular Hbond substituents is 1. The highest BCUT2D eigenvalue weighted by Crippen LogP contribution is 2.32. The molecule has 0 saturated carbocycles. The van der Waals surface area contributed by atoms with Crippen molar-refractivity contribution in [2.24, 2.45) is 4.99 Å². The molecule has 5 heteroatoms. The highest BCUT2D eigenvalue weighted by Gasteiger charge is 2.05. The molecule has 0 atom stereocenters. The van der Waals surface area contributed by atoms with Crippen LogP contribution in [0.5, 0.6) is 23.0 Å². The summed E-state index contributed by atoms with van der Waals surface area (Å²) < 4.78 is 15.9. The van der Waals surface area contributed by atoms with Crippen LogP contribution in [0.2, 0.25) is 0 Å². The predicted octanol–water partition coefficient (Wildman–Crippen LogP) is 3.95. The maximum absolute atomic E-state index is 10.1. The van der Waals surface area contributed by atoms with Crippen molar-refractivity contribution in [3.8, 4) is 23.0 Å². The van der Waals surface area contributed by atoms with Crippen molar-refractivity contribution in [1.29, 1.82) is 0 Å². The molecule has 0 aromatic heterocycles. The van der Waals surface area contributed by atoms with Gasteiger partial charge in [0.25, 0.3) is 0 Å². The van der Waals surface area contributed by atoms with E-state index in [9.17, 15) is 5.11 Å². The molecule has 0 saturated heterocycles. The third kappa shape index (κ3) is 4.39. The second-order valence-electron chi connectivity index (χ2n) is 4.87. The molecular weight excluding hydrogens is 294 g/mol. The molecule has 0 radical (unpaired) electrons. The zero-order chi connectivity index (χ0) is 16.7. The lowest BCUT2D eigenvalue weighted by Crippen LogP contribution is -1.95. The summed E-state index contributed by atoms with van der Waals surface area (Å²) in [5, 5.41) is 10.1. The first-order chi connectivity index (χ1) is 11.2. The molecule has 0 aliphatic heterocycles. The van der Waals surface area contributed by atoms with Gasteiger partial charge in [0.2, 0.25) is 0 Å². The van der Waals surface area contributed by atoms with Gasteiger partial charge in [-0.2, -0.15) is 0 Å². The van der Waals surface area contributed by atoms with Gasteiger partial charge in [-0.25, -0.2) is 0 Å². The lowest BCUT2D eigenvalue weighted by molar-refractivity contribution is 0.315. The van der Waals surface area contributed by atoms with Crippen LogP contribution < -0.4 is 14.2 Å². The minimum Gasteiger partial charge on any atom is -0.507 e. The van der Waals surface area contributed by atoms with E-state index in [0.29, 0.717) is 35.1 Å². The highest BCUT2D eigenvalue weighted by atomic mass is 16.5. The average molecular weight is 315 g/mol. The van der Waals surface area contributed by atoms with Gasteiger partial charge in [-0.1, -0.05) is 6.92 Å². The van der Waals surface area contributed by atoms with E-state index in [1.807, 2.05) is 13.0 Å². The topological polar surface area (TPSA) is 60.3 Å². The lowest BCUT2D eigenvalue weighted by Gasteiger charge is -2.08. The van der Waals surface area contributed by atoms with E-state index in [1.54, 1.807) is 50.8 Å². The number of nitrogens with zero attached hydrogens (tertiary/aromatic N) is 1. The Labute approximate surface area is 136 Å². The van der Waals surface area contributed by atoms with Gasteiger partial charge in [0.15, 0.2) is 0 Å². The second kappa shape index (κ2) is 8.08. The Balaban J connectivity index is 2.20. The molecule has 23 heavy (non-hydrogen) atoms. The lowest BCUT2D eigenvalue weighted by atomic mass is 10.2. The molecule has 0 unspecified atom stereocenters. The highest BCUT2D eigenvalue weighted by molar-refractivity contribution is 5.86. The van der Waals surface area contributed by atoms with Gasteiger partial charge in [0, 0.05) is 23.9 Å². The Bertz CT molecular complexity index is 683. The fraction of sp³-hybridized carbons (Fsp3) is 0.278. The number of hydrogen-bond acceptors (Lipinski definition) is 5. The number of aromatic hydroxyl groups is 1. The summed E-state index contributed by atoms with van der Waals surface area (Å²) in [6, 6.07) is 10.5. The number of rotatable bonds is 7. The molecule has 0 heterocycles. The summed E-state index contributed by atoms with van der Waals surface area (Å²) in [5.41, 5.74) is 1.26. The van der Waals surface area contributed by atoms with E-state index in [0.717, 1.165) is 6.42 Å². The maximum atomic E-state index is 10.1. The van der Waals surface area contributed by atoms with Crippen molar-refractivity contribution < 1.29 is 19.3 Å². The van der Waals surface area contributed by atoms with Crippen LogP contribution in [0.4, 0.5) is 5.69 Å². The fourth-order valence-electron chi connectivity index (χ4n) is 1.97. The molecule has 0 spiro atoms. The Hall–Kier alpha value is -2.69. The van der Waals surface area contributed by atoms with Gasteiger partial charge in [0.05, 0.1) is 20.8 Å². The minimum atomic E-state index is 0.120. The van der Waals surface area contributed by atoms with Crippen LogP contribution in [0, 0.1) is 0 Å². The third-order valence-corrected chi connectivity index (χ3v) is 3.20. The minimum absolute atomic E-state index is 0.120. The van der Waals surface area contributed by atoms with Crippen molar-refractivity contribution in [3.63, 3.8) is 0 Å². The molecular formula is C18H21NO4. The van der Waals surface area contributed by atoms with Crippen molar-refractivity contribution in [2.45, 2.75) is 13.3 Å². The summed E-state index contributed by atoms with van der Waals surface area (Å²) >= 11 is 0. The molecule has 0 amide bonds. The smallest absolute Gasteiger partial charge is 0.148 e. The third-order valence-electron chi connectivity index (χ3n) is 3.20. The Morgan fingerprint density at radius 3 is 2.48 bits per heavy atom. The van der Waals surface area contributed by atoms with E-state index in [2.05, 4.69) is 4.99 Å². The van der Waals surface area contributed by atoms with Gasteiger partial charge >= 0.3 is 0 Å². The van der Waals surface area contributed by atoms with Crippen LogP contribution >= 0.6 is 0 Å². The zero-order valence-electron chi connectivity index (χ0n) is 13.6. The van der Waals surface area contributed by atoms with Crippen molar-refractivity contribution in [3.05, 3.63) is 42.0 Å². The SMILES string of the molecule is CCCOc1ccc(C=Nc2ccc(OC)cc2OC)c(O)c1. The van der Waals surface area contributed by atoms with Crippen LogP contribution in [0.15, 0.2) is 41.4 Å². The standard InChI is InChI=1S/C18H21NO4/c1-4-9-23-15-6-5-13(17(20)10-15)12-19-16-8-7-14(21-2)11-18(16)22-3/h5-8,10-12,20H,4,9H2,1-3H3. The number of ether oxygens (including phenoxy) is 3. The number of methoxy groups -OCH3 is 2. The van der Waals surface area contributed by atoms with Crippen molar-refractivity contribution >= 4 is 11.9 Å². The number of aliphatic imine (C=N–C) groups is 1. The van der Waals surface area contributed by atoms with Crippen LogP contribution in [0.1, 0.15) is 18.9 Å². The average Bonchev–Trinajstić information content (AvgIpc) is 2.59. The molecule has 0 bridgehead atoms. The largest absolute Gasteiger partial charge is 0.507 e. The fourth-order valence-corrected chi connectivity index (χ4v) is 1.97. The normalized spacial score (nSPS) is 10.7. The quantitative estimate of drug-likeness (QED) is 0.786. The molecule has 122 valence electrons. The van der Waals surface area contributed by atoms with Crippen LogP contribution in [-0.2, 0) is 0 Å². The first kappa shape index (κ1) is 16.7. The van der Waals surface area contributed by atoms with Crippen molar-refractivity contribution in [2.75, 3.05) is 20.8 Å². The van der Waals surface area contributed by atoms with Crippen LogP contribution in [-0.4, -0.2) is 32.1 Å². The summed E-state index contributed by atoms with van der Waals surface area (Å²) in [5.74, 6) is 2.06. The van der Waals surface area contributed by atoms with E-state index in [1.165, 1.54) is 0 Å². The number of phenols is 1. The molecule has 1 N–H and O–H groups in total. The van der Waals surface area contributed by atoms with Gasteiger partial charge in [-0.05, 0) is 30.7 Å². The Morgan fingerprint density at radius 1 is 1.04 bits per heavy atom. The first-order valence-corrected chi connectivity index (χ1v) is 7.39. The first-order valence-electron chi connectivity index (χ1n) is 7.39. The maximum Gasteiger partial charge on any atom is 0.148 e. The molecule has 5 nitrogen and oxygen atoms in total. The van der Waals surface area contributed by atoms with Crippen LogP contribution in [0.25, 0.3) is 0 Å². The molecule has 0 aliphatic carbocycles. The Kier molecular flexibility index (Phi) is 5.86. The van der Waals surface area contributed by atoms with Gasteiger partial charge < -0.3 is 19.3 Å². The van der Waals surface area contributed by atoms with E-state index >= 15 is 0 Å². The molecule has 2 aromatic carbocycles. The summed E-state index contributed by atoms with van der Waals surface area (Å²) in [4.78, 5) is 4.37. The molecule has 0 aliphatic rings. The number of hydrogen-bond donors (Lipinski definition) is 1. The van der Waals surface area contributed by atoms with Gasteiger partial charge in [0.1, 0.15) is 28.7 Å². The van der Waals surface area contributed by atoms with Crippen molar-refractivity contribution in [1.82, 2.24) is 0 Å². The Morgan fingerprint density at radius 2 is 1.83 bits per heavy atom.